The van der Waals surface area contributed by atoms with E-state index in [1.807, 2.05) is 0 Å². The summed E-state index contributed by atoms with van der Waals surface area (Å²) in [6.07, 6.45) is -3.40. The van der Waals surface area contributed by atoms with Crippen molar-refractivity contribution in [2.24, 2.45) is 0 Å². The van der Waals surface area contributed by atoms with Gasteiger partial charge in [-0.25, -0.2) is 9.78 Å². The van der Waals surface area contributed by atoms with Crippen LogP contribution in [0.4, 0.5) is 19.0 Å². The van der Waals surface area contributed by atoms with Crippen LogP contribution in [0.3, 0.4) is 0 Å². The number of nitrogens with zero attached hydrogens (tertiary/aromatic N) is 1. The van der Waals surface area contributed by atoms with Crippen molar-refractivity contribution < 1.29 is 27.5 Å². The Morgan fingerprint density at radius 3 is 2.58 bits per heavy atom. The van der Waals surface area contributed by atoms with Gasteiger partial charge in [-0.1, -0.05) is 17.7 Å². The van der Waals surface area contributed by atoms with Gasteiger partial charge in [-0.15, -0.1) is 0 Å². The number of benzene rings is 1. The van der Waals surface area contributed by atoms with E-state index < -0.39 is 23.6 Å². The van der Waals surface area contributed by atoms with Crippen LogP contribution in [0.15, 0.2) is 36.5 Å². The monoisotopic (exact) mass is 358 g/mol. The number of hydrogen-bond donors (Lipinski definition) is 1. The topological polar surface area (TPSA) is 68.3 Å². The first-order valence-corrected chi connectivity index (χ1v) is 6.82. The lowest BCUT2D eigenvalue weighted by molar-refractivity contribution is -0.137. The van der Waals surface area contributed by atoms with Crippen LogP contribution in [0.1, 0.15) is 26.3 Å². The highest BCUT2D eigenvalue weighted by Crippen LogP contribution is 2.29. The summed E-state index contributed by atoms with van der Waals surface area (Å²) in [7, 11) is 1.13. The Bertz CT molecular complexity index is 794. The predicted molar refractivity (Wildman–Crippen MR) is 80.0 cm³/mol. The standard InChI is InChI=1S/C15H10ClF3N2O3/c1-24-14(23)11-6-10(16)7-20-12(11)21-13(22)8-3-2-4-9(5-8)15(17,18)19/h2-7H,1H3,(H,20,21,22). The molecule has 5 nitrogen and oxygen atoms in total. The number of rotatable bonds is 3. The van der Waals surface area contributed by atoms with Gasteiger partial charge in [0.15, 0.2) is 0 Å². The molecule has 24 heavy (non-hydrogen) atoms. The second-order valence-electron chi connectivity index (χ2n) is 4.57. The highest BCUT2D eigenvalue weighted by atomic mass is 35.5. The van der Waals surface area contributed by atoms with Crippen molar-refractivity contribution in [3.05, 3.63) is 58.2 Å². The molecule has 1 heterocycles. The number of carbonyl (C=O) groups is 2. The molecule has 2 aromatic rings. The highest BCUT2D eigenvalue weighted by Gasteiger charge is 2.31. The van der Waals surface area contributed by atoms with E-state index in [4.69, 9.17) is 11.6 Å². The second kappa shape index (κ2) is 6.88. The van der Waals surface area contributed by atoms with Gasteiger partial charge in [-0.2, -0.15) is 13.2 Å². The predicted octanol–water partition coefficient (Wildman–Crippen LogP) is 3.79. The zero-order valence-corrected chi connectivity index (χ0v) is 12.9. The molecule has 0 bridgehead atoms. The Hall–Kier alpha value is -2.61. The van der Waals surface area contributed by atoms with Gasteiger partial charge in [0.1, 0.15) is 11.4 Å². The maximum atomic E-state index is 12.7. The summed E-state index contributed by atoms with van der Waals surface area (Å²) in [6.45, 7) is 0. The lowest BCUT2D eigenvalue weighted by atomic mass is 10.1. The first-order chi connectivity index (χ1) is 11.2. The van der Waals surface area contributed by atoms with Crippen LogP contribution in [0.2, 0.25) is 5.02 Å². The number of halogens is 4. The number of carbonyl (C=O) groups excluding carboxylic acids is 2. The Morgan fingerprint density at radius 1 is 1.25 bits per heavy atom. The normalized spacial score (nSPS) is 11.0. The van der Waals surface area contributed by atoms with Crippen molar-refractivity contribution in [2.75, 3.05) is 12.4 Å². The first kappa shape index (κ1) is 17.7. The zero-order chi connectivity index (χ0) is 17.9. The van der Waals surface area contributed by atoms with E-state index in [1.165, 1.54) is 18.3 Å². The van der Waals surface area contributed by atoms with Crippen LogP contribution in [0, 0.1) is 0 Å². The summed E-state index contributed by atoms with van der Waals surface area (Å²) in [4.78, 5) is 27.6. The highest BCUT2D eigenvalue weighted by molar-refractivity contribution is 6.31. The van der Waals surface area contributed by atoms with Crippen LogP contribution in [0.25, 0.3) is 0 Å². The molecule has 1 N–H and O–H groups in total. The molecule has 0 spiro atoms. The van der Waals surface area contributed by atoms with Gasteiger partial charge in [-0.05, 0) is 24.3 Å². The number of amides is 1. The van der Waals surface area contributed by atoms with E-state index in [2.05, 4.69) is 15.0 Å². The van der Waals surface area contributed by atoms with Crippen molar-refractivity contribution in [1.29, 1.82) is 0 Å². The average Bonchev–Trinajstić information content (AvgIpc) is 2.55. The van der Waals surface area contributed by atoms with Crippen molar-refractivity contribution >= 4 is 29.3 Å². The minimum atomic E-state index is -4.58. The summed E-state index contributed by atoms with van der Waals surface area (Å²) in [5, 5.41) is 2.40. The maximum absolute atomic E-state index is 12.7. The van der Waals surface area contributed by atoms with Gasteiger partial charge >= 0.3 is 12.1 Å². The molecule has 0 saturated heterocycles. The third kappa shape index (κ3) is 4.02. The molecule has 0 aliphatic heterocycles. The Balaban J connectivity index is 2.32. The third-order valence-corrected chi connectivity index (χ3v) is 3.15. The van der Waals surface area contributed by atoms with Gasteiger partial charge in [0, 0.05) is 11.8 Å². The number of hydrogen-bond acceptors (Lipinski definition) is 4. The summed E-state index contributed by atoms with van der Waals surface area (Å²) in [5.74, 6) is -1.83. The third-order valence-electron chi connectivity index (χ3n) is 2.94. The van der Waals surface area contributed by atoms with E-state index in [1.54, 1.807) is 0 Å². The fraction of sp³-hybridized carbons (Fsp3) is 0.133. The molecule has 2 rings (SSSR count). The molecule has 0 atom stereocenters. The SMILES string of the molecule is COC(=O)c1cc(Cl)cnc1NC(=O)c1cccc(C(F)(F)F)c1. The van der Waals surface area contributed by atoms with Gasteiger partial charge < -0.3 is 10.1 Å². The van der Waals surface area contributed by atoms with Gasteiger partial charge in [-0.3, -0.25) is 4.79 Å². The molecule has 0 aliphatic carbocycles. The number of methoxy groups -OCH3 is 1. The molecule has 126 valence electrons. The van der Waals surface area contributed by atoms with E-state index in [0.29, 0.717) is 6.07 Å². The molecule has 1 amide bonds. The number of ether oxygens (including phenoxy) is 1. The van der Waals surface area contributed by atoms with Crippen molar-refractivity contribution in [3.63, 3.8) is 0 Å². The van der Waals surface area contributed by atoms with Crippen LogP contribution in [-0.4, -0.2) is 24.0 Å². The number of pyridine rings is 1. The average molecular weight is 359 g/mol. The Morgan fingerprint density at radius 2 is 1.96 bits per heavy atom. The molecular weight excluding hydrogens is 349 g/mol. The van der Waals surface area contributed by atoms with Gasteiger partial charge in [0.05, 0.1) is 17.7 Å². The number of anilines is 1. The molecule has 0 aliphatic rings. The van der Waals surface area contributed by atoms with E-state index in [9.17, 15) is 22.8 Å². The number of aromatic nitrogens is 1. The lowest BCUT2D eigenvalue weighted by Crippen LogP contribution is -2.17. The smallest absolute Gasteiger partial charge is 0.416 e. The molecule has 1 aromatic carbocycles. The minimum Gasteiger partial charge on any atom is -0.465 e. The van der Waals surface area contributed by atoms with Crippen molar-refractivity contribution in [2.45, 2.75) is 6.18 Å². The quantitative estimate of drug-likeness (QED) is 0.847. The fourth-order valence-electron chi connectivity index (χ4n) is 1.82. The largest absolute Gasteiger partial charge is 0.465 e. The van der Waals surface area contributed by atoms with Gasteiger partial charge in [0.2, 0.25) is 0 Å². The van der Waals surface area contributed by atoms with Crippen molar-refractivity contribution in [1.82, 2.24) is 4.98 Å². The van der Waals surface area contributed by atoms with Crippen LogP contribution in [-0.2, 0) is 10.9 Å². The van der Waals surface area contributed by atoms with Crippen LogP contribution >= 0.6 is 11.6 Å². The number of alkyl halides is 3. The van der Waals surface area contributed by atoms with Crippen molar-refractivity contribution in [3.8, 4) is 0 Å². The summed E-state index contributed by atoms with van der Waals surface area (Å²) in [6, 6.07) is 5.08. The molecule has 0 radical (unpaired) electrons. The van der Waals surface area contributed by atoms with Gasteiger partial charge in [0.25, 0.3) is 5.91 Å². The number of nitrogens with one attached hydrogen (secondary N) is 1. The van der Waals surface area contributed by atoms with E-state index in [-0.39, 0.29) is 22.0 Å². The molecule has 0 fully saturated rings. The van der Waals surface area contributed by atoms with E-state index in [0.717, 1.165) is 19.2 Å². The van der Waals surface area contributed by atoms with Crippen LogP contribution < -0.4 is 5.32 Å². The second-order valence-corrected chi connectivity index (χ2v) is 5.01. The summed E-state index contributed by atoms with van der Waals surface area (Å²) >= 11 is 5.73. The molecule has 9 heteroatoms. The molecule has 0 unspecified atom stereocenters. The summed E-state index contributed by atoms with van der Waals surface area (Å²) in [5.41, 5.74) is -1.32. The molecule has 0 saturated carbocycles. The maximum Gasteiger partial charge on any atom is 0.416 e. The number of esters is 1. The first-order valence-electron chi connectivity index (χ1n) is 6.45. The minimum absolute atomic E-state index is 0.120. The molecular formula is C15H10ClF3N2O3. The zero-order valence-electron chi connectivity index (χ0n) is 12.1. The Labute approximate surface area is 139 Å². The fourth-order valence-corrected chi connectivity index (χ4v) is 1.98. The van der Waals surface area contributed by atoms with E-state index >= 15 is 0 Å². The molecule has 1 aromatic heterocycles. The summed E-state index contributed by atoms with van der Waals surface area (Å²) < 4.78 is 42.6. The van der Waals surface area contributed by atoms with Crippen LogP contribution in [0.5, 0.6) is 0 Å². The Kier molecular flexibility index (Phi) is 5.08. The lowest BCUT2D eigenvalue weighted by Gasteiger charge is -2.11.